The third kappa shape index (κ3) is 1.84. The van der Waals surface area contributed by atoms with Gasteiger partial charge >= 0.3 is 0 Å². The van der Waals surface area contributed by atoms with Crippen LogP contribution in [0.4, 0.5) is 0 Å². The van der Waals surface area contributed by atoms with E-state index in [0.717, 1.165) is 12.5 Å². The van der Waals surface area contributed by atoms with Gasteiger partial charge in [-0.25, -0.2) is 0 Å². The molecule has 1 aliphatic carbocycles. The van der Waals surface area contributed by atoms with Crippen LogP contribution in [-0.2, 0) is 0 Å². The molecular weight excluding hydrogens is 134 g/mol. The maximum atomic E-state index is 6.02. The van der Waals surface area contributed by atoms with Gasteiger partial charge in [0.25, 0.3) is 0 Å². The second-order valence-electron chi connectivity index (χ2n) is 2.76. The lowest BCUT2D eigenvalue weighted by molar-refractivity contribution is 0.521. The standard InChI is InChI=1S/C7H14ClN/c1-9-5-6-3-2-4-7(6)8/h6-7,9H,2-5H2,1H3. The summed E-state index contributed by atoms with van der Waals surface area (Å²) < 4.78 is 0. The van der Waals surface area contributed by atoms with Crippen LogP contribution in [0.25, 0.3) is 0 Å². The molecule has 1 nitrogen and oxygen atoms in total. The Labute approximate surface area is 61.8 Å². The summed E-state index contributed by atoms with van der Waals surface area (Å²) in [5, 5.41) is 3.60. The number of alkyl halides is 1. The van der Waals surface area contributed by atoms with E-state index in [1.54, 1.807) is 0 Å². The molecule has 1 saturated carbocycles. The molecule has 2 atom stereocenters. The van der Waals surface area contributed by atoms with Crippen molar-refractivity contribution >= 4 is 11.6 Å². The molecule has 0 radical (unpaired) electrons. The largest absolute Gasteiger partial charge is 0.319 e. The fraction of sp³-hybridized carbons (Fsp3) is 1.00. The second kappa shape index (κ2) is 3.43. The average molecular weight is 148 g/mol. The molecule has 0 aromatic rings. The zero-order valence-corrected chi connectivity index (χ0v) is 6.62. The zero-order chi connectivity index (χ0) is 6.69. The van der Waals surface area contributed by atoms with Crippen LogP contribution in [0.2, 0.25) is 0 Å². The predicted octanol–water partition coefficient (Wildman–Crippen LogP) is 1.61. The van der Waals surface area contributed by atoms with Gasteiger partial charge in [0.1, 0.15) is 0 Å². The van der Waals surface area contributed by atoms with Gasteiger partial charge in [-0.05, 0) is 32.4 Å². The van der Waals surface area contributed by atoms with E-state index < -0.39 is 0 Å². The second-order valence-corrected chi connectivity index (χ2v) is 3.33. The van der Waals surface area contributed by atoms with E-state index in [-0.39, 0.29) is 0 Å². The van der Waals surface area contributed by atoms with E-state index >= 15 is 0 Å². The van der Waals surface area contributed by atoms with Crippen molar-refractivity contribution in [2.75, 3.05) is 13.6 Å². The van der Waals surface area contributed by atoms with Gasteiger partial charge in [-0.2, -0.15) is 0 Å². The fourth-order valence-corrected chi connectivity index (χ4v) is 1.85. The summed E-state index contributed by atoms with van der Waals surface area (Å²) in [6, 6.07) is 0. The number of hydrogen-bond donors (Lipinski definition) is 1. The van der Waals surface area contributed by atoms with Gasteiger partial charge in [-0.1, -0.05) is 6.42 Å². The molecule has 1 fully saturated rings. The van der Waals surface area contributed by atoms with Crippen LogP contribution in [0.15, 0.2) is 0 Å². The highest BCUT2D eigenvalue weighted by molar-refractivity contribution is 6.20. The Morgan fingerprint density at radius 2 is 2.33 bits per heavy atom. The highest BCUT2D eigenvalue weighted by Gasteiger charge is 2.23. The first-order valence-electron chi connectivity index (χ1n) is 3.63. The van der Waals surface area contributed by atoms with Gasteiger partial charge < -0.3 is 5.32 Å². The summed E-state index contributed by atoms with van der Waals surface area (Å²) in [6.45, 7) is 1.09. The SMILES string of the molecule is CNCC1CCCC1Cl. The minimum absolute atomic E-state index is 0.442. The quantitative estimate of drug-likeness (QED) is 0.586. The van der Waals surface area contributed by atoms with Gasteiger partial charge in [-0.15, -0.1) is 11.6 Å². The van der Waals surface area contributed by atoms with Crippen molar-refractivity contribution in [2.45, 2.75) is 24.6 Å². The summed E-state index contributed by atoms with van der Waals surface area (Å²) in [6.07, 6.45) is 3.85. The topological polar surface area (TPSA) is 12.0 Å². The first-order chi connectivity index (χ1) is 4.34. The lowest BCUT2D eigenvalue weighted by Crippen LogP contribution is -2.21. The normalized spacial score (nSPS) is 35.3. The predicted molar refractivity (Wildman–Crippen MR) is 40.9 cm³/mol. The maximum absolute atomic E-state index is 6.02. The van der Waals surface area contributed by atoms with Gasteiger partial charge in [0.05, 0.1) is 0 Å². The zero-order valence-electron chi connectivity index (χ0n) is 5.86. The Kier molecular flexibility index (Phi) is 2.80. The summed E-state index contributed by atoms with van der Waals surface area (Å²) in [5.41, 5.74) is 0. The molecule has 1 aliphatic rings. The van der Waals surface area contributed by atoms with Crippen LogP contribution in [0.5, 0.6) is 0 Å². The average Bonchev–Trinajstić information content (AvgIpc) is 2.18. The highest BCUT2D eigenvalue weighted by atomic mass is 35.5. The van der Waals surface area contributed by atoms with Gasteiger partial charge in [0, 0.05) is 5.38 Å². The third-order valence-electron chi connectivity index (χ3n) is 2.03. The lowest BCUT2D eigenvalue weighted by Gasteiger charge is -2.11. The molecule has 0 aromatic carbocycles. The molecule has 0 heterocycles. The molecular formula is C7H14ClN. The Hall–Kier alpha value is 0.250. The van der Waals surface area contributed by atoms with Crippen LogP contribution >= 0.6 is 11.6 Å². The molecule has 2 heteroatoms. The third-order valence-corrected chi connectivity index (χ3v) is 2.61. The summed E-state index contributed by atoms with van der Waals surface area (Å²) in [4.78, 5) is 0. The minimum atomic E-state index is 0.442. The highest BCUT2D eigenvalue weighted by Crippen LogP contribution is 2.29. The van der Waals surface area contributed by atoms with Gasteiger partial charge in [0.15, 0.2) is 0 Å². The first kappa shape index (κ1) is 7.36. The van der Waals surface area contributed by atoms with Crippen molar-refractivity contribution in [3.63, 3.8) is 0 Å². The molecule has 0 spiro atoms. The lowest BCUT2D eigenvalue weighted by atomic mass is 10.1. The molecule has 2 unspecified atom stereocenters. The summed E-state index contributed by atoms with van der Waals surface area (Å²) >= 11 is 6.02. The van der Waals surface area contributed by atoms with Crippen LogP contribution in [0.1, 0.15) is 19.3 Å². The van der Waals surface area contributed by atoms with E-state index in [2.05, 4.69) is 5.32 Å². The van der Waals surface area contributed by atoms with Crippen LogP contribution in [-0.4, -0.2) is 19.0 Å². The van der Waals surface area contributed by atoms with Gasteiger partial charge in [-0.3, -0.25) is 0 Å². The molecule has 1 N–H and O–H groups in total. The summed E-state index contributed by atoms with van der Waals surface area (Å²) in [7, 11) is 1.99. The smallest absolute Gasteiger partial charge is 0.0376 e. The van der Waals surface area contributed by atoms with E-state index in [4.69, 9.17) is 11.6 Å². The number of hydrogen-bond acceptors (Lipinski definition) is 1. The number of nitrogens with one attached hydrogen (secondary N) is 1. The Morgan fingerprint density at radius 3 is 2.78 bits per heavy atom. The molecule has 0 aliphatic heterocycles. The van der Waals surface area contributed by atoms with Crippen molar-refractivity contribution in [3.8, 4) is 0 Å². The van der Waals surface area contributed by atoms with Crippen LogP contribution < -0.4 is 5.32 Å². The van der Waals surface area contributed by atoms with Crippen molar-refractivity contribution in [1.29, 1.82) is 0 Å². The van der Waals surface area contributed by atoms with E-state index in [0.29, 0.717) is 5.38 Å². The summed E-state index contributed by atoms with van der Waals surface area (Å²) in [5.74, 6) is 0.733. The van der Waals surface area contributed by atoms with Crippen molar-refractivity contribution in [3.05, 3.63) is 0 Å². The van der Waals surface area contributed by atoms with Crippen molar-refractivity contribution in [2.24, 2.45) is 5.92 Å². The molecule has 0 saturated heterocycles. The van der Waals surface area contributed by atoms with Crippen LogP contribution in [0, 0.1) is 5.92 Å². The Balaban J connectivity index is 2.22. The van der Waals surface area contributed by atoms with E-state index in [1.807, 2.05) is 7.05 Å². The molecule has 0 amide bonds. The molecule has 1 rings (SSSR count). The minimum Gasteiger partial charge on any atom is -0.319 e. The Morgan fingerprint density at radius 1 is 1.56 bits per heavy atom. The molecule has 54 valence electrons. The van der Waals surface area contributed by atoms with E-state index in [9.17, 15) is 0 Å². The number of halogens is 1. The maximum Gasteiger partial charge on any atom is 0.0376 e. The monoisotopic (exact) mass is 147 g/mol. The van der Waals surface area contributed by atoms with Crippen LogP contribution in [0.3, 0.4) is 0 Å². The fourth-order valence-electron chi connectivity index (χ4n) is 1.48. The van der Waals surface area contributed by atoms with Crippen molar-refractivity contribution < 1.29 is 0 Å². The molecule has 9 heavy (non-hydrogen) atoms. The van der Waals surface area contributed by atoms with E-state index in [1.165, 1.54) is 19.3 Å². The molecule has 0 bridgehead atoms. The number of rotatable bonds is 2. The van der Waals surface area contributed by atoms with Crippen molar-refractivity contribution in [1.82, 2.24) is 5.32 Å². The first-order valence-corrected chi connectivity index (χ1v) is 4.07. The van der Waals surface area contributed by atoms with Gasteiger partial charge in [0.2, 0.25) is 0 Å². The molecule has 0 aromatic heterocycles. The Bertz CT molecular complexity index is 85.0.